The summed E-state index contributed by atoms with van der Waals surface area (Å²) in [6.07, 6.45) is 2.89. The number of nitrogens with zero attached hydrogens (tertiary/aromatic N) is 1. The van der Waals surface area contributed by atoms with Crippen LogP contribution in [-0.2, 0) is 14.9 Å². The van der Waals surface area contributed by atoms with Gasteiger partial charge in [0.05, 0.1) is 6.61 Å². The van der Waals surface area contributed by atoms with Gasteiger partial charge in [-0.1, -0.05) is 26.0 Å². The number of halogens is 2. The minimum absolute atomic E-state index is 0. The van der Waals surface area contributed by atoms with E-state index in [1.807, 2.05) is 12.1 Å². The van der Waals surface area contributed by atoms with Gasteiger partial charge < -0.3 is 20.1 Å². The number of aliphatic imine (C=N–C) groups is 1. The molecule has 1 heterocycles. The molecular formula is C21H35FIN3O2. The first kappa shape index (κ1) is 25.1. The van der Waals surface area contributed by atoms with Gasteiger partial charge in [-0.2, -0.15) is 0 Å². The molecule has 2 N–H and O–H groups in total. The molecule has 0 unspecified atom stereocenters. The van der Waals surface area contributed by atoms with Crippen LogP contribution in [0.2, 0.25) is 0 Å². The molecule has 28 heavy (non-hydrogen) atoms. The number of nitrogens with one attached hydrogen (secondary N) is 2. The average molecular weight is 507 g/mol. The van der Waals surface area contributed by atoms with E-state index < -0.39 is 0 Å². The summed E-state index contributed by atoms with van der Waals surface area (Å²) in [4.78, 5) is 4.30. The van der Waals surface area contributed by atoms with E-state index in [-0.39, 0.29) is 35.2 Å². The SMILES string of the molecule is CN=C(NCCOCCC(C)C)NCC1(c2ccc(F)cc2)CCOCC1.I. The largest absolute Gasteiger partial charge is 0.381 e. The summed E-state index contributed by atoms with van der Waals surface area (Å²) in [6, 6.07) is 6.85. The minimum Gasteiger partial charge on any atom is -0.381 e. The lowest BCUT2D eigenvalue weighted by molar-refractivity contribution is 0.0513. The number of ether oxygens (including phenoxy) is 2. The third kappa shape index (κ3) is 8.21. The molecule has 0 aromatic heterocycles. The smallest absolute Gasteiger partial charge is 0.191 e. The molecule has 0 spiro atoms. The van der Waals surface area contributed by atoms with E-state index >= 15 is 0 Å². The maximum absolute atomic E-state index is 13.3. The van der Waals surface area contributed by atoms with Crippen molar-refractivity contribution in [2.75, 3.05) is 46.6 Å². The first-order chi connectivity index (χ1) is 13.1. The van der Waals surface area contributed by atoms with Crippen LogP contribution >= 0.6 is 24.0 Å². The van der Waals surface area contributed by atoms with Gasteiger partial charge in [-0.05, 0) is 42.9 Å². The molecular weight excluding hydrogens is 472 g/mol. The second-order valence-corrected chi connectivity index (χ2v) is 7.55. The summed E-state index contributed by atoms with van der Waals surface area (Å²) < 4.78 is 24.5. The van der Waals surface area contributed by atoms with Crippen LogP contribution in [0.5, 0.6) is 0 Å². The molecule has 0 aliphatic carbocycles. The van der Waals surface area contributed by atoms with E-state index in [2.05, 4.69) is 29.5 Å². The molecule has 1 aromatic carbocycles. The number of benzene rings is 1. The summed E-state index contributed by atoms with van der Waals surface area (Å²) in [5.74, 6) is 1.22. The molecule has 7 heteroatoms. The Kier molecular flexibility index (Phi) is 11.9. The van der Waals surface area contributed by atoms with E-state index in [4.69, 9.17) is 9.47 Å². The first-order valence-corrected chi connectivity index (χ1v) is 9.92. The Morgan fingerprint density at radius 2 is 1.86 bits per heavy atom. The van der Waals surface area contributed by atoms with Crippen LogP contribution in [0.1, 0.15) is 38.7 Å². The van der Waals surface area contributed by atoms with Crippen LogP contribution in [0, 0.1) is 11.7 Å². The number of hydrogen-bond acceptors (Lipinski definition) is 3. The Morgan fingerprint density at radius 1 is 1.18 bits per heavy atom. The topological polar surface area (TPSA) is 54.9 Å². The van der Waals surface area contributed by atoms with Crippen molar-refractivity contribution < 1.29 is 13.9 Å². The molecule has 0 amide bonds. The summed E-state index contributed by atoms with van der Waals surface area (Å²) in [5.41, 5.74) is 1.07. The van der Waals surface area contributed by atoms with Gasteiger partial charge in [0.15, 0.2) is 5.96 Å². The molecule has 1 saturated heterocycles. The van der Waals surface area contributed by atoms with E-state index in [1.165, 1.54) is 12.1 Å². The number of rotatable bonds is 9. The summed E-state index contributed by atoms with van der Waals surface area (Å²) in [5, 5.41) is 6.73. The van der Waals surface area contributed by atoms with Crippen molar-refractivity contribution in [3.05, 3.63) is 35.6 Å². The van der Waals surface area contributed by atoms with Crippen LogP contribution in [0.3, 0.4) is 0 Å². The van der Waals surface area contributed by atoms with Crippen molar-refractivity contribution in [2.45, 2.75) is 38.5 Å². The van der Waals surface area contributed by atoms with Crippen LogP contribution < -0.4 is 10.6 Å². The highest BCUT2D eigenvalue weighted by Gasteiger charge is 2.34. The Bertz CT molecular complexity index is 576. The number of guanidine groups is 1. The molecule has 1 aliphatic rings. The molecule has 1 aromatic rings. The Balaban J connectivity index is 0.00000392. The lowest BCUT2D eigenvalue weighted by Crippen LogP contribution is -2.48. The van der Waals surface area contributed by atoms with Gasteiger partial charge in [-0.3, -0.25) is 4.99 Å². The zero-order valence-corrected chi connectivity index (χ0v) is 19.6. The lowest BCUT2D eigenvalue weighted by atomic mass is 9.74. The normalized spacial score (nSPS) is 16.5. The van der Waals surface area contributed by atoms with Crippen LogP contribution in [0.15, 0.2) is 29.3 Å². The number of hydrogen-bond donors (Lipinski definition) is 2. The monoisotopic (exact) mass is 507 g/mol. The van der Waals surface area contributed by atoms with E-state index in [0.717, 1.165) is 57.2 Å². The van der Waals surface area contributed by atoms with E-state index in [1.54, 1.807) is 7.05 Å². The van der Waals surface area contributed by atoms with Gasteiger partial charge in [0.2, 0.25) is 0 Å². The van der Waals surface area contributed by atoms with Crippen molar-refractivity contribution in [1.82, 2.24) is 10.6 Å². The van der Waals surface area contributed by atoms with Crippen molar-refractivity contribution in [2.24, 2.45) is 10.9 Å². The van der Waals surface area contributed by atoms with E-state index in [0.29, 0.717) is 19.1 Å². The highest BCUT2D eigenvalue weighted by Crippen LogP contribution is 2.34. The maximum Gasteiger partial charge on any atom is 0.191 e. The standard InChI is InChI=1S/C21H34FN3O2.HI/c1-17(2)8-12-26-15-11-24-20(23-3)25-16-21(9-13-27-14-10-21)18-4-6-19(22)7-5-18;/h4-7,17H,8-16H2,1-3H3,(H2,23,24,25);1H. The third-order valence-electron chi connectivity index (χ3n) is 5.10. The predicted octanol–water partition coefficient (Wildman–Crippen LogP) is 3.72. The Hall–Kier alpha value is -0.930. The van der Waals surface area contributed by atoms with Gasteiger partial charge in [-0.15, -0.1) is 24.0 Å². The zero-order valence-electron chi connectivity index (χ0n) is 17.3. The fourth-order valence-electron chi connectivity index (χ4n) is 3.27. The van der Waals surface area contributed by atoms with Crippen molar-refractivity contribution in [3.63, 3.8) is 0 Å². The van der Waals surface area contributed by atoms with Crippen LogP contribution in [-0.4, -0.2) is 52.5 Å². The second-order valence-electron chi connectivity index (χ2n) is 7.55. The van der Waals surface area contributed by atoms with Crippen molar-refractivity contribution in [3.8, 4) is 0 Å². The summed E-state index contributed by atoms with van der Waals surface area (Å²) in [6.45, 7) is 8.72. The fraction of sp³-hybridized carbons (Fsp3) is 0.667. The van der Waals surface area contributed by atoms with Crippen molar-refractivity contribution in [1.29, 1.82) is 0 Å². The molecule has 0 saturated carbocycles. The molecule has 0 atom stereocenters. The molecule has 160 valence electrons. The average Bonchev–Trinajstić information content (AvgIpc) is 2.68. The zero-order chi connectivity index (χ0) is 19.5. The molecule has 0 radical (unpaired) electrons. The molecule has 1 fully saturated rings. The van der Waals surface area contributed by atoms with Crippen molar-refractivity contribution >= 4 is 29.9 Å². The van der Waals surface area contributed by atoms with Crippen LogP contribution in [0.4, 0.5) is 4.39 Å². The maximum atomic E-state index is 13.3. The molecule has 2 rings (SSSR count). The van der Waals surface area contributed by atoms with E-state index in [9.17, 15) is 4.39 Å². The highest BCUT2D eigenvalue weighted by molar-refractivity contribution is 14.0. The Morgan fingerprint density at radius 3 is 2.46 bits per heavy atom. The first-order valence-electron chi connectivity index (χ1n) is 9.92. The molecule has 5 nitrogen and oxygen atoms in total. The van der Waals surface area contributed by atoms with Gasteiger partial charge in [0.25, 0.3) is 0 Å². The fourth-order valence-corrected chi connectivity index (χ4v) is 3.27. The predicted molar refractivity (Wildman–Crippen MR) is 123 cm³/mol. The van der Waals surface area contributed by atoms with Gasteiger partial charge >= 0.3 is 0 Å². The molecule has 1 aliphatic heterocycles. The summed E-state index contributed by atoms with van der Waals surface area (Å²) >= 11 is 0. The quantitative estimate of drug-likeness (QED) is 0.232. The van der Waals surface area contributed by atoms with Gasteiger partial charge in [0.1, 0.15) is 5.82 Å². The van der Waals surface area contributed by atoms with Crippen LogP contribution in [0.25, 0.3) is 0 Å². The van der Waals surface area contributed by atoms with Gasteiger partial charge in [-0.25, -0.2) is 4.39 Å². The minimum atomic E-state index is -0.205. The second kappa shape index (κ2) is 13.3. The molecule has 0 bridgehead atoms. The third-order valence-corrected chi connectivity index (χ3v) is 5.10. The van der Waals surface area contributed by atoms with Gasteiger partial charge in [0, 0.05) is 45.4 Å². The lowest BCUT2D eigenvalue weighted by Gasteiger charge is -2.38. The highest BCUT2D eigenvalue weighted by atomic mass is 127. The Labute approximate surface area is 185 Å². The summed E-state index contributed by atoms with van der Waals surface area (Å²) in [7, 11) is 1.77.